The van der Waals surface area contributed by atoms with Crippen LogP contribution in [-0.4, -0.2) is 25.5 Å². The van der Waals surface area contributed by atoms with Gasteiger partial charge in [0, 0.05) is 0 Å². The van der Waals surface area contributed by atoms with Gasteiger partial charge in [-0.3, -0.25) is 0 Å². The first-order valence-corrected chi connectivity index (χ1v) is 8.93. The second-order valence-corrected chi connectivity index (χ2v) is 10.6. The molecule has 0 heterocycles. The van der Waals surface area contributed by atoms with Gasteiger partial charge in [-0.25, -0.2) is 4.79 Å². The van der Waals surface area contributed by atoms with Crippen LogP contribution in [0.15, 0.2) is 0 Å². The van der Waals surface area contributed by atoms with Crippen LogP contribution in [0.4, 0.5) is 0 Å². The maximum Gasteiger partial charge on any atom is 0.331 e. The molecule has 0 bridgehead atoms. The number of unbranched alkanes of at least 4 members (excludes halogenated alkanes) is 1. The standard InChI is InChI=1S/C12H26O3Si/c1-7-8-9-10(11(13)14)15-16(5,6)12(2,3)4/h10H,7-9H2,1-6H3,(H,13,14)/t10-/m0/s1. The van der Waals surface area contributed by atoms with Gasteiger partial charge in [0.2, 0.25) is 0 Å². The molecule has 1 atom stereocenters. The molecule has 1 N–H and O–H groups in total. The molecule has 3 nitrogen and oxygen atoms in total. The lowest BCUT2D eigenvalue weighted by molar-refractivity contribution is -0.146. The molecule has 0 aromatic rings. The lowest BCUT2D eigenvalue weighted by Crippen LogP contribution is -2.46. The molecule has 0 saturated carbocycles. The number of carbonyl (C=O) groups is 1. The van der Waals surface area contributed by atoms with E-state index in [1.807, 2.05) is 0 Å². The average molecular weight is 246 g/mol. The van der Waals surface area contributed by atoms with Crippen molar-refractivity contribution in [2.24, 2.45) is 0 Å². The third-order valence-electron chi connectivity index (χ3n) is 3.34. The highest BCUT2D eigenvalue weighted by atomic mass is 28.4. The zero-order valence-electron chi connectivity index (χ0n) is 11.5. The second-order valence-electron chi connectivity index (χ2n) is 5.85. The minimum Gasteiger partial charge on any atom is -0.479 e. The molecule has 0 aliphatic carbocycles. The molecular weight excluding hydrogens is 220 g/mol. The van der Waals surface area contributed by atoms with Crippen LogP contribution in [-0.2, 0) is 9.22 Å². The van der Waals surface area contributed by atoms with Gasteiger partial charge >= 0.3 is 5.97 Å². The lowest BCUT2D eigenvalue weighted by atomic mass is 10.2. The van der Waals surface area contributed by atoms with E-state index >= 15 is 0 Å². The summed E-state index contributed by atoms with van der Waals surface area (Å²) in [4.78, 5) is 11.1. The molecular formula is C12H26O3Si. The summed E-state index contributed by atoms with van der Waals surface area (Å²) in [6.07, 6.45) is 1.91. The quantitative estimate of drug-likeness (QED) is 0.728. The van der Waals surface area contributed by atoms with E-state index in [1.165, 1.54) is 0 Å². The van der Waals surface area contributed by atoms with Crippen LogP contribution in [0.2, 0.25) is 18.1 Å². The Hall–Kier alpha value is -0.353. The van der Waals surface area contributed by atoms with Gasteiger partial charge in [-0.2, -0.15) is 0 Å². The van der Waals surface area contributed by atoms with Gasteiger partial charge in [-0.05, 0) is 24.6 Å². The Kier molecular flexibility index (Phi) is 5.69. The van der Waals surface area contributed by atoms with Crippen molar-refractivity contribution < 1.29 is 14.3 Å². The van der Waals surface area contributed by atoms with Gasteiger partial charge in [0.25, 0.3) is 0 Å². The Labute approximate surface area is 100 Å². The molecule has 0 aromatic carbocycles. The highest BCUT2D eigenvalue weighted by Crippen LogP contribution is 2.37. The normalized spacial score (nSPS) is 14.9. The van der Waals surface area contributed by atoms with Crippen molar-refractivity contribution in [1.29, 1.82) is 0 Å². The highest BCUT2D eigenvalue weighted by molar-refractivity contribution is 6.74. The topological polar surface area (TPSA) is 46.5 Å². The van der Waals surface area contributed by atoms with Crippen molar-refractivity contribution in [3.63, 3.8) is 0 Å². The molecule has 0 amide bonds. The Balaban J connectivity index is 4.56. The van der Waals surface area contributed by atoms with E-state index in [0.717, 1.165) is 12.8 Å². The summed E-state index contributed by atoms with van der Waals surface area (Å²) in [5, 5.41) is 9.19. The number of hydrogen-bond acceptors (Lipinski definition) is 2. The van der Waals surface area contributed by atoms with E-state index in [0.29, 0.717) is 6.42 Å². The van der Waals surface area contributed by atoms with Crippen molar-refractivity contribution in [2.45, 2.75) is 71.2 Å². The molecule has 0 unspecified atom stereocenters. The van der Waals surface area contributed by atoms with E-state index in [9.17, 15) is 4.79 Å². The van der Waals surface area contributed by atoms with Crippen molar-refractivity contribution in [1.82, 2.24) is 0 Å². The summed E-state index contributed by atoms with van der Waals surface area (Å²) in [6, 6.07) is 0. The minimum atomic E-state index is -1.96. The van der Waals surface area contributed by atoms with Crippen LogP contribution in [0.3, 0.4) is 0 Å². The monoisotopic (exact) mass is 246 g/mol. The summed E-state index contributed by atoms with van der Waals surface area (Å²) in [5.74, 6) is -0.821. The minimum absolute atomic E-state index is 0.0624. The van der Waals surface area contributed by atoms with Gasteiger partial charge in [0.1, 0.15) is 6.10 Å². The summed E-state index contributed by atoms with van der Waals surface area (Å²) in [5.41, 5.74) is 0. The fourth-order valence-corrected chi connectivity index (χ4v) is 2.44. The van der Waals surface area contributed by atoms with Gasteiger partial charge in [-0.1, -0.05) is 40.5 Å². The van der Waals surface area contributed by atoms with Gasteiger partial charge in [-0.15, -0.1) is 0 Å². The fourth-order valence-electron chi connectivity index (χ4n) is 1.15. The van der Waals surface area contributed by atoms with Crippen LogP contribution in [0.5, 0.6) is 0 Å². The molecule has 96 valence electrons. The first-order valence-electron chi connectivity index (χ1n) is 6.02. The number of hydrogen-bond donors (Lipinski definition) is 1. The van der Waals surface area contributed by atoms with E-state index in [2.05, 4.69) is 40.8 Å². The summed E-state index contributed by atoms with van der Waals surface area (Å²) in [6.45, 7) is 12.6. The first-order chi connectivity index (χ1) is 7.12. The predicted molar refractivity (Wildman–Crippen MR) is 69.2 cm³/mol. The molecule has 0 radical (unpaired) electrons. The SMILES string of the molecule is CCCC[C@H](O[Si](C)(C)C(C)(C)C)C(=O)O. The number of aliphatic carboxylic acids is 1. The fraction of sp³-hybridized carbons (Fsp3) is 0.917. The van der Waals surface area contributed by atoms with Gasteiger partial charge in [0.05, 0.1) is 0 Å². The van der Waals surface area contributed by atoms with E-state index < -0.39 is 20.4 Å². The smallest absolute Gasteiger partial charge is 0.331 e. The largest absolute Gasteiger partial charge is 0.479 e. The first kappa shape index (κ1) is 15.6. The zero-order chi connectivity index (χ0) is 13.0. The van der Waals surface area contributed by atoms with Crippen molar-refractivity contribution in [3.05, 3.63) is 0 Å². The average Bonchev–Trinajstić information content (AvgIpc) is 2.09. The van der Waals surface area contributed by atoms with Crippen LogP contribution < -0.4 is 0 Å². The van der Waals surface area contributed by atoms with Crippen LogP contribution in [0.1, 0.15) is 47.0 Å². The maximum atomic E-state index is 11.1. The summed E-state index contributed by atoms with van der Waals surface area (Å²) >= 11 is 0. The molecule has 16 heavy (non-hydrogen) atoms. The Morgan fingerprint density at radius 1 is 1.38 bits per heavy atom. The van der Waals surface area contributed by atoms with E-state index in [1.54, 1.807) is 0 Å². The second kappa shape index (κ2) is 5.82. The third kappa shape index (κ3) is 4.66. The molecule has 4 heteroatoms. The molecule has 0 rings (SSSR count). The highest BCUT2D eigenvalue weighted by Gasteiger charge is 2.40. The summed E-state index contributed by atoms with van der Waals surface area (Å²) in [7, 11) is -1.96. The molecule has 0 fully saturated rings. The van der Waals surface area contributed by atoms with Crippen molar-refractivity contribution in [2.75, 3.05) is 0 Å². The number of carboxylic acid groups (broad SMARTS) is 1. The summed E-state index contributed by atoms with van der Waals surface area (Å²) < 4.78 is 5.91. The number of carboxylic acids is 1. The van der Waals surface area contributed by atoms with E-state index in [-0.39, 0.29) is 5.04 Å². The van der Waals surface area contributed by atoms with Gasteiger partial charge < -0.3 is 9.53 Å². The number of rotatable bonds is 6. The Morgan fingerprint density at radius 2 is 1.88 bits per heavy atom. The van der Waals surface area contributed by atoms with Crippen molar-refractivity contribution >= 4 is 14.3 Å². The van der Waals surface area contributed by atoms with Crippen LogP contribution in [0, 0.1) is 0 Å². The zero-order valence-corrected chi connectivity index (χ0v) is 12.5. The van der Waals surface area contributed by atoms with Crippen LogP contribution >= 0.6 is 0 Å². The third-order valence-corrected chi connectivity index (χ3v) is 7.82. The predicted octanol–water partition coefficient (Wildman–Crippen LogP) is 3.65. The lowest BCUT2D eigenvalue weighted by Gasteiger charge is -2.38. The van der Waals surface area contributed by atoms with E-state index in [4.69, 9.17) is 9.53 Å². The molecule has 0 saturated heterocycles. The molecule has 0 aromatic heterocycles. The molecule has 0 spiro atoms. The molecule has 0 aliphatic rings. The maximum absolute atomic E-state index is 11.1. The van der Waals surface area contributed by atoms with Crippen molar-refractivity contribution in [3.8, 4) is 0 Å². The Bertz CT molecular complexity index is 231. The Morgan fingerprint density at radius 3 is 2.19 bits per heavy atom. The van der Waals surface area contributed by atoms with Gasteiger partial charge in [0.15, 0.2) is 8.32 Å². The molecule has 0 aliphatic heterocycles. The van der Waals surface area contributed by atoms with Crippen LogP contribution in [0.25, 0.3) is 0 Å².